The Hall–Kier alpha value is -3.30. The molecular weight excluding hydrogens is 466 g/mol. The number of methoxy groups -OCH3 is 1. The highest BCUT2D eigenvalue weighted by molar-refractivity contribution is 5.89. The average Bonchev–Trinajstić information content (AvgIpc) is 2.80. The summed E-state index contributed by atoms with van der Waals surface area (Å²) < 4.78 is 15.3. The lowest BCUT2D eigenvalue weighted by Gasteiger charge is -2.23. The Bertz CT molecular complexity index is 838. The second kappa shape index (κ2) is 15.6. The van der Waals surface area contributed by atoms with E-state index in [0.717, 1.165) is 5.56 Å². The van der Waals surface area contributed by atoms with E-state index in [1.165, 1.54) is 7.11 Å². The van der Waals surface area contributed by atoms with Gasteiger partial charge in [0.25, 0.3) is 0 Å². The van der Waals surface area contributed by atoms with Crippen LogP contribution in [0.1, 0.15) is 65.9 Å². The van der Waals surface area contributed by atoms with Gasteiger partial charge in [-0.25, -0.2) is 14.4 Å². The average molecular weight is 508 g/mol. The first kappa shape index (κ1) is 30.7. The predicted molar refractivity (Wildman–Crippen MR) is 135 cm³/mol. The van der Waals surface area contributed by atoms with E-state index in [1.54, 1.807) is 20.8 Å². The van der Waals surface area contributed by atoms with Crippen molar-refractivity contribution in [1.82, 2.24) is 16.0 Å². The van der Waals surface area contributed by atoms with Crippen molar-refractivity contribution >= 4 is 24.1 Å². The van der Waals surface area contributed by atoms with Crippen molar-refractivity contribution in [2.75, 3.05) is 13.7 Å². The molecule has 3 amide bonds. The standard InChI is InChI=1S/C26H41N3O7/c1-18(2)16-21(23(31)34-6)28-22(30)20(14-10-11-15-27-24(32)36-26(3,4)5)29-25(33)35-17-19-12-8-7-9-13-19/h7-9,12-13,18,20-21H,10-11,14-17H2,1-6H3,(H,27,32)(H,28,30)(H,29,33)/t20-,21-/m1/s1. The molecule has 10 nitrogen and oxygen atoms in total. The SMILES string of the molecule is COC(=O)[C@@H](CC(C)C)NC(=O)[C@@H](CCCCNC(=O)OC(C)(C)C)NC(=O)OCc1ccccc1. The number of nitrogens with one attached hydrogen (secondary N) is 3. The lowest BCUT2D eigenvalue weighted by Crippen LogP contribution is -2.52. The number of hydrogen-bond donors (Lipinski definition) is 3. The molecule has 0 radical (unpaired) electrons. The highest BCUT2D eigenvalue weighted by Crippen LogP contribution is 2.10. The van der Waals surface area contributed by atoms with Crippen LogP contribution in [0.15, 0.2) is 30.3 Å². The van der Waals surface area contributed by atoms with Gasteiger partial charge < -0.3 is 30.2 Å². The molecule has 2 atom stereocenters. The molecule has 0 fully saturated rings. The molecule has 0 saturated carbocycles. The summed E-state index contributed by atoms with van der Waals surface area (Å²) in [5, 5.41) is 7.95. The first-order valence-electron chi connectivity index (χ1n) is 12.2. The fourth-order valence-electron chi connectivity index (χ4n) is 3.25. The molecule has 0 saturated heterocycles. The quantitative estimate of drug-likeness (QED) is 0.211. The number of hydrogen-bond acceptors (Lipinski definition) is 7. The van der Waals surface area contributed by atoms with E-state index in [2.05, 4.69) is 16.0 Å². The summed E-state index contributed by atoms with van der Waals surface area (Å²) in [5.74, 6) is -0.928. The van der Waals surface area contributed by atoms with E-state index in [-0.39, 0.29) is 18.9 Å². The number of amides is 3. The van der Waals surface area contributed by atoms with E-state index in [1.807, 2.05) is 44.2 Å². The zero-order chi connectivity index (χ0) is 27.1. The molecule has 0 heterocycles. The lowest BCUT2D eigenvalue weighted by atomic mass is 10.0. The molecule has 202 valence electrons. The molecule has 0 unspecified atom stereocenters. The second-order valence-corrected chi connectivity index (χ2v) is 9.90. The van der Waals surface area contributed by atoms with Crippen LogP contribution < -0.4 is 16.0 Å². The van der Waals surface area contributed by atoms with Gasteiger partial charge in [0.1, 0.15) is 24.3 Å². The molecule has 0 aliphatic carbocycles. The first-order chi connectivity index (χ1) is 16.9. The number of unbranched alkanes of at least 4 members (excludes halogenated alkanes) is 1. The highest BCUT2D eigenvalue weighted by Gasteiger charge is 2.28. The molecule has 10 heteroatoms. The Kier molecular flexibility index (Phi) is 13.4. The maximum atomic E-state index is 13.0. The van der Waals surface area contributed by atoms with Gasteiger partial charge in [-0.1, -0.05) is 44.2 Å². The Morgan fingerprint density at radius 3 is 2.17 bits per heavy atom. The van der Waals surface area contributed by atoms with Crippen LogP contribution in [0.25, 0.3) is 0 Å². The summed E-state index contributed by atoms with van der Waals surface area (Å²) in [4.78, 5) is 49.4. The summed E-state index contributed by atoms with van der Waals surface area (Å²) in [7, 11) is 1.26. The summed E-state index contributed by atoms with van der Waals surface area (Å²) in [6, 6.07) is 7.40. The second-order valence-electron chi connectivity index (χ2n) is 9.90. The molecule has 1 aromatic rings. The Morgan fingerprint density at radius 1 is 0.917 bits per heavy atom. The van der Waals surface area contributed by atoms with Crippen LogP contribution in [0.3, 0.4) is 0 Å². The minimum Gasteiger partial charge on any atom is -0.467 e. The largest absolute Gasteiger partial charge is 0.467 e. The van der Waals surface area contributed by atoms with E-state index < -0.39 is 41.7 Å². The van der Waals surface area contributed by atoms with Gasteiger partial charge in [0.15, 0.2) is 0 Å². The number of carbonyl (C=O) groups excluding carboxylic acids is 4. The fourth-order valence-corrected chi connectivity index (χ4v) is 3.25. The Balaban J connectivity index is 2.72. The van der Waals surface area contributed by atoms with Crippen LogP contribution in [0, 0.1) is 5.92 Å². The topological polar surface area (TPSA) is 132 Å². The van der Waals surface area contributed by atoms with Gasteiger partial charge in [0, 0.05) is 6.54 Å². The summed E-state index contributed by atoms with van der Waals surface area (Å²) in [6.07, 6.45) is 0.468. The third kappa shape index (κ3) is 13.6. The van der Waals surface area contributed by atoms with Gasteiger partial charge in [-0.05, 0) is 57.9 Å². The number of benzene rings is 1. The maximum absolute atomic E-state index is 13.0. The third-order valence-electron chi connectivity index (χ3n) is 4.92. The lowest BCUT2D eigenvalue weighted by molar-refractivity contribution is -0.145. The highest BCUT2D eigenvalue weighted by atomic mass is 16.6. The Labute approximate surface area is 213 Å². The van der Waals surface area contributed by atoms with Crippen molar-refractivity contribution in [2.45, 2.75) is 84.6 Å². The van der Waals surface area contributed by atoms with Crippen molar-refractivity contribution in [3.05, 3.63) is 35.9 Å². The fraction of sp³-hybridized carbons (Fsp3) is 0.615. The molecule has 1 aromatic carbocycles. The number of carbonyl (C=O) groups is 4. The molecule has 0 aliphatic rings. The van der Waals surface area contributed by atoms with Crippen molar-refractivity contribution in [3.8, 4) is 0 Å². The van der Waals surface area contributed by atoms with E-state index in [9.17, 15) is 19.2 Å². The normalized spacial score (nSPS) is 12.8. The Morgan fingerprint density at radius 2 is 1.58 bits per heavy atom. The van der Waals surface area contributed by atoms with Gasteiger partial charge >= 0.3 is 18.2 Å². The van der Waals surface area contributed by atoms with E-state index in [4.69, 9.17) is 14.2 Å². The zero-order valence-electron chi connectivity index (χ0n) is 22.2. The van der Waals surface area contributed by atoms with Gasteiger partial charge in [-0.3, -0.25) is 4.79 Å². The summed E-state index contributed by atoms with van der Waals surface area (Å²) in [5.41, 5.74) is 0.216. The smallest absolute Gasteiger partial charge is 0.408 e. The zero-order valence-corrected chi connectivity index (χ0v) is 22.2. The molecule has 3 N–H and O–H groups in total. The van der Waals surface area contributed by atoms with Gasteiger partial charge in [-0.15, -0.1) is 0 Å². The molecule has 0 aromatic heterocycles. The molecule has 1 rings (SSSR count). The van der Waals surface area contributed by atoms with Crippen LogP contribution in [-0.4, -0.2) is 55.4 Å². The summed E-state index contributed by atoms with van der Waals surface area (Å²) >= 11 is 0. The minimum absolute atomic E-state index is 0.0545. The molecule has 0 spiro atoms. The van der Waals surface area contributed by atoms with E-state index in [0.29, 0.717) is 25.8 Å². The van der Waals surface area contributed by atoms with Gasteiger partial charge in [-0.2, -0.15) is 0 Å². The van der Waals surface area contributed by atoms with Crippen molar-refractivity contribution < 1.29 is 33.4 Å². The van der Waals surface area contributed by atoms with E-state index >= 15 is 0 Å². The van der Waals surface area contributed by atoms with Crippen LogP contribution in [0.2, 0.25) is 0 Å². The maximum Gasteiger partial charge on any atom is 0.408 e. The molecular formula is C26H41N3O7. The number of esters is 1. The van der Waals surface area contributed by atoms with Crippen LogP contribution >= 0.6 is 0 Å². The van der Waals surface area contributed by atoms with Gasteiger partial charge in [0.05, 0.1) is 7.11 Å². The monoisotopic (exact) mass is 507 g/mol. The van der Waals surface area contributed by atoms with Crippen molar-refractivity contribution in [2.24, 2.45) is 5.92 Å². The number of rotatable bonds is 13. The third-order valence-corrected chi connectivity index (χ3v) is 4.92. The number of ether oxygens (including phenoxy) is 3. The van der Waals surface area contributed by atoms with Crippen molar-refractivity contribution in [1.29, 1.82) is 0 Å². The van der Waals surface area contributed by atoms with Crippen LogP contribution in [0.4, 0.5) is 9.59 Å². The predicted octanol–water partition coefficient (Wildman–Crippen LogP) is 3.68. The van der Waals surface area contributed by atoms with Gasteiger partial charge in [0.2, 0.25) is 5.91 Å². The first-order valence-corrected chi connectivity index (χ1v) is 12.2. The molecule has 0 bridgehead atoms. The molecule has 36 heavy (non-hydrogen) atoms. The van der Waals surface area contributed by atoms with Crippen LogP contribution in [0.5, 0.6) is 0 Å². The molecule has 0 aliphatic heterocycles. The minimum atomic E-state index is -0.936. The summed E-state index contributed by atoms with van der Waals surface area (Å²) in [6.45, 7) is 9.59. The number of alkyl carbamates (subject to hydrolysis) is 2. The van der Waals surface area contributed by atoms with Crippen LogP contribution in [-0.2, 0) is 30.4 Å². The van der Waals surface area contributed by atoms with Crippen molar-refractivity contribution in [3.63, 3.8) is 0 Å².